The number of ether oxygens (including phenoxy) is 2. The van der Waals surface area contributed by atoms with Gasteiger partial charge in [-0.1, -0.05) is 0 Å². The lowest BCUT2D eigenvalue weighted by molar-refractivity contribution is -0.298. The van der Waals surface area contributed by atoms with Gasteiger partial charge in [0.1, 0.15) is 42.7 Å². The number of nitrogens with one attached hydrogen (secondary N) is 1. The average molecular weight is 627 g/mol. The predicted molar refractivity (Wildman–Crippen MR) is 112 cm³/mol. The fourth-order valence-corrected chi connectivity index (χ4v) is 6.28. The second kappa shape index (κ2) is 11.8. The highest BCUT2D eigenvalue weighted by Gasteiger charge is 2.47. The number of aromatic nitrogens is 2. The normalized spacial score (nSPS) is 36.8. The second-order valence-corrected chi connectivity index (χ2v) is 12.5. The number of H-pyrrole nitrogens is 1. The largest absolute Gasteiger partial charge is 0.756 e. The topological polar surface area (TPSA) is 340 Å². The van der Waals surface area contributed by atoms with Crippen LogP contribution < -0.4 is 21.0 Å². The van der Waals surface area contributed by atoms with Crippen LogP contribution in [0.3, 0.4) is 0 Å². The van der Waals surface area contributed by atoms with E-state index in [4.69, 9.17) is 4.74 Å². The molecule has 2 aliphatic rings. The summed E-state index contributed by atoms with van der Waals surface area (Å²) in [5, 5.41) is 49.6. The second-order valence-electron chi connectivity index (χ2n) is 8.18. The Balaban J connectivity index is 1.63. The lowest BCUT2D eigenvalue weighted by Gasteiger charge is -2.42. The van der Waals surface area contributed by atoms with Gasteiger partial charge in [-0.25, -0.2) is 17.5 Å². The molecule has 1 aromatic rings. The molecule has 6 N–H and O–H groups in total. The van der Waals surface area contributed by atoms with Gasteiger partial charge in [-0.3, -0.25) is 28.0 Å². The average Bonchev–Trinajstić information content (AvgIpc) is 3.06. The highest BCUT2D eigenvalue weighted by atomic mass is 32.2. The van der Waals surface area contributed by atoms with Crippen molar-refractivity contribution >= 4 is 25.8 Å². The molecule has 0 radical (unpaired) electrons. The first-order chi connectivity index (χ1) is 17.8. The number of hydrogen-bond acceptors (Lipinski definition) is 19. The first kappa shape index (κ1) is 32.1. The predicted octanol–water partition coefficient (Wildman–Crippen LogP) is -6.50. The van der Waals surface area contributed by atoms with Crippen LogP contribution in [0.4, 0.5) is 0 Å². The van der Waals surface area contributed by atoms with Crippen molar-refractivity contribution in [1.82, 2.24) is 9.55 Å². The Morgan fingerprint density at radius 2 is 1.56 bits per heavy atom. The molecule has 1 aromatic heterocycles. The van der Waals surface area contributed by atoms with Crippen LogP contribution in [0.25, 0.3) is 0 Å². The number of aromatic amines is 1. The zero-order valence-electron chi connectivity index (χ0n) is 19.0. The third-order valence-corrected chi connectivity index (χ3v) is 8.60. The van der Waals surface area contributed by atoms with Crippen molar-refractivity contribution in [3.8, 4) is 0 Å². The number of rotatable bonds is 10. The van der Waals surface area contributed by atoms with Gasteiger partial charge in [0.2, 0.25) is 0 Å². The van der Waals surface area contributed by atoms with E-state index in [2.05, 4.69) is 18.1 Å². The van der Waals surface area contributed by atoms with Gasteiger partial charge >= 0.3 is 5.69 Å². The molecule has 2 aliphatic heterocycles. The zero-order valence-corrected chi connectivity index (χ0v) is 21.6. The Morgan fingerprint density at radius 3 is 2.15 bits per heavy atom. The third-order valence-electron chi connectivity index (χ3n) is 5.33. The van der Waals surface area contributed by atoms with Gasteiger partial charge in [-0.2, -0.15) is 0 Å². The van der Waals surface area contributed by atoms with E-state index < -0.39 is 105 Å². The summed E-state index contributed by atoms with van der Waals surface area (Å²) in [7, 11) is -17.1. The van der Waals surface area contributed by atoms with Crippen molar-refractivity contribution in [2.75, 3.05) is 12.4 Å². The summed E-state index contributed by atoms with van der Waals surface area (Å²) < 4.78 is 79.7. The third kappa shape index (κ3) is 8.07. The van der Waals surface area contributed by atoms with Crippen LogP contribution in [0.5, 0.6) is 0 Å². The van der Waals surface area contributed by atoms with Gasteiger partial charge in [0.15, 0.2) is 12.5 Å². The molecule has 3 heterocycles. The fraction of sp³-hybridized carbons (Fsp3) is 0.733. The SMILES string of the molecule is O=c1ccn([C@@H]2O[C@H](COP(=O)([O-])OP(=O)([O-])O[C@H]3O[C@H](CS(=O)(=O)[O-])[C@@H](O)[C@H](O)[C@H]3O)[C@@H](O)[C@H]2O)c(=O)[nH]1. The van der Waals surface area contributed by atoms with E-state index in [1.165, 1.54) is 0 Å². The summed E-state index contributed by atoms with van der Waals surface area (Å²) >= 11 is 0. The molecule has 0 aromatic carbocycles. The number of aliphatic hydroxyl groups excluding tert-OH is 5. The summed E-state index contributed by atoms with van der Waals surface area (Å²) in [6.45, 7) is -1.19. The molecule has 0 bridgehead atoms. The molecule has 2 unspecified atom stereocenters. The molecule has 224 valence electrons. The molecule has 0 saturated carbocycles. The first-order valence-electron chi connectivity index (χ1n) is 10.4. The Hall–Kier alpha value is -1.43. The molecule has 0 aliphatic carbocycles. The summed E-state index contributed by atoms with van der Waals surface area (Å²) in [4.78, 5) is 49.0. The van der Waals surface area contributed by atoms with Crippen LogP contribution in [0, 0.1) is 0 Å². The Labute approximate surface area is 216 Å². The highest BCUT2D eigenvalue weighted by Crippen LogP contribution is 2.57. The van der Waals surface area contributed by atoms with Gasteiger partial charge in [-0.05, 0) is 0 Å². The molecule has 0 amide bonds. The van der Waals surface area contributed by atoms with Crippen LogP contribution in [-0.2, 0) is 42.1 Å². The molecular weight excluding hydrogens is 606 g/mol. The summed E-state index contributed by atoms with van der Waals surface area (Å²) in [5.74, 6) is -1.49. The summed E-state index contributed by atoms with van der Waals surface area (Å²) in [6, 6.07) is 0.883. The molecule has 11 atom stereocenters. The van der Waals surface area contributed by atoms with Crippen molar-refractivity contribution in [2.24, 2.45) is 0 Å². The van der Waals surface area contributed by atoms with Crippen LogP contribution >= 0.6 is 15.6 Å². The van der Waals surface area contributed by atoms with Gasteiger partial charge in [0, 0.05) is 12.3 Å². The lowest BCUT2D eigenvalue weighted by atomic mass is 10.0. The van der Waals surface area contributed by atoms with Gasteiger partial charge in [0.05, 0.1) is 22.5 Å². The van der Waals surface area contributed by atoms with Crippen LogP contribution in [0.2, 0.25) is 0 Å². The zero-order chi connectivity index (χ0) is 29.5. The fourth-order valence-electron chi connectivity index (χ4n) is 3.52. The van der Waals surface area contributed by atoms with Crippen molar-refractivity contribution in [1.29, 1.82) is 0 Å². The van der Waals surface area contributed by atoms with E-state index >= 15 is 0 Å². The standard InChI is InChI=1S/C15H24N2O19P2S/c18-7-1-2-17(15(24)16-7)13-11(22)8(19)5(33-13)3-32-37(25,26)36-38(27,28)35-14-12(23)10(21)9(20)6(34-14)4-39(29,30)31/h1-2,5-6,8-14,19-23H,3-4H2,(H,25,26)(H,27,28)(H,16,18,24)(H,29,30,31)/p-3/t5-,6-,8-,9-,10+,11-,12-,13-,14-/m1/s1. The van der Waals surface area contributed by atoms with E-state index in [0.717, 1.165) is 12.3 Å². The minimum Gasteiger partial charge on any atom is -0.756 e. The van der Waals surface area contributed by atoms with E-state index in [-0.39, 0.29) is 0 Å². The minimum absolute atomic E-state index is 0.661. The van der Waals surface area contributed by atoms with Crippen LogP contribution in [0.1, 0.15) is 6.23 Å². The lowest BCUT2D eigenvalue weighted by Crippen LogP contribution is -2.59. The molecular formula is C15H21N2O19P2S-3. The van der Waals surface area contributed by atoms with Crippen molar-refractivity contribution < 1.29 is 80.3 Å². The van der Waals surface area contributed by atoms with Gasteiger partial charge in [-0.15, -0.1) is 0 Å². The Kier molecular flexibility index (Phi) is 9.72. The molecule has 3 rings (SSSR count). The number of hydrogen-bond donors (Lipinski definition) is 6. The molecule has 2 fully saturated rings. The maximum absolute atomic E-state index is 12.1. The molecule has 39 heavy (non-hydrogen) atoms. The quantitative estimate of drug-likeness (QED) is 0.104. The van der Waals surface area contributed by atoms with Crippen LogP contribution in [-0.4, -0.2) is 109 Å². The van der Waals surface area contributed by atoms with E-state index in [1.54, 1.807) is 0 Å². The maximum atomic E-state index is 12.1. The summed E-state index contributed by atoms with van der Waals surface area (Å²) in [5.41, 5.74) is -1.84. The van der Waals surface area contributed by atoms with Crippen molar-refractivity contribution in [3.05, 3.63) is 33.1 Å². The maximum Gasteiger partial charge on any atom is 0.330 e. The minimum atomic E-state index is -6.09. The van der Waals surface area contributed by atoms with Crippen molar-refractivity contribution in [2.45, 2.75) is 55.2 Å². The van der Waals surface area contributed by atoms with E-state index in [9.17, 15) is 67.0 Å². The number of aliphatic hydroxyl groups is 5. The Bertz CT molecular complexity index is 1350. The molecule has 21 nitrogen and oxygen atoms in total. The van der Waals surface area contributed by atoms with E-state index in [1.807, 2.05) is 4.98 Å². The molecule has 24 heteroatoms. The first-order valence-corrected chi connectivity index (χ1v) is 14.9. The monoisotopic (exact) mass is 627 g/mol. The number of nitrogens with zero attached hydrogens (tertiary/aromatic N) is 1. The number of phosphoric ester groups is 2. The van der Waals surface area contributed by atoms with Gasteiger partial charge in [0.25, 0.3) is 21.2 Å². The Morgan fingerprint density at radius 1 is 0.949 bits per heavy atom. The van der Waals surface area contributed by atoms with Crippen molar-refractivity contribution in [3.63, 3.8) is 0 Å². The smallest absolute Gasteiger partial charge is 0.330 e. The number of phosphoric acid groups is 2. The molecule has 0 spiro atoms. The van der Waals surface area contributed by atoms with Gasteiger partial charge < -0.3 is 53.9 Å². The highest BCUT2D eigenvalue weighted by molar-refractivity contribution is 7.85. The van der Waals surface area contributed by atoms with E-state index in [0.29, 0.717) is 4.57 Å². The molecule has 2 saturated heterocycles. The van der Waals surface area contributed by atoms with Crippen LogP contribution in [0.15, 0.2) is 21.9 Å². The summed E-state index contributed by atoms with van der Waals surface area (Å²) in [6.07, 6.45) is -17.7.